The van der Waals surface area contributed by atoms with E-state index in [1.807, 2.05) is 30.3 Å². The van der Waals surface area contributed by atoms with Gasteiger partial charge >= 0.3 is 0 Å². The van der Waals surface area contributed by atoms with Gasteiger partial charge in [-0.2, -0.15) is 0 Å². The molecule has 6 heteroatoms. The maximum atomic E-state index is 12.2. The summed E-state index contributed by atoms with van der Waals surface area (Å²) in [6.07, 6.45) is 2.07. The predicted octanol–water partition coefficient (Wildman–Crippen LogP) is 3.13. The van der Waals surface area contributed by atoms with Crippen LogP contribution in [0.15, 0.2) is 42.5 Å². The fraction of sp³-hybridized carbons (Fsp3) is 0.263. The fourth-order valence-electron chi connectivity index (χ4n) is 2.94. The number of amides is 2. The van der Waals surface area contributed by atoms with Gasteiger partial charge in [-0.15, -0.1) is 0 Å². The van der Waals surface area contributed by atoms with Crippen molar-refractivity contribution < 1.29 is 14.7 Å². The maximum Gasteiger partial charge on any atom is 0.228 e. The second-order valence-electron chi connectivity index (χ2n) is 6.33. The van der Waals surface area contributed by atoms with Crippen LogP contribution in [0.4, 0.5) is 5.69 Å². The molecule has 0 saturated heterocycles. The van der Waals surface area contributed by atoms with Gasteiger partial charge in [0, 0.05) is 17.7 Å². The van der Waals surface area contributed by atoms with E-state index in [9.17, 15) is 14.7 Å². The van der Waals surface area contributed by atoms with Crippen molar-refractivity contribution in [3.8, 4) is 5.75 Å². The van der Waals surface area contributed by atoms with Crippen LogP contribution >= 0.6 is 11.6 Å². The van der Waals surface area contributed by atoms with Gasteiger partial charge in [0.05, 0.1) is 10.4 Å². The minimum absolute atomic E-state index is 0.0865. The summed E-state index contributed by atoms with van der Waals surface area (Å²) in [4.78, 5) is 23.9. The lowest BCUT2D eigenvalue weighted by Crippen LogP contribution is -2.28. The average molecular weight is 359 g/mol. The van der Waals surface area contributed by atoms with E-state index in [-0.39, 0.29) is 16.7 Å². The largest absolute Gasteiger partial charge is 0.506 e. The molecule has 5 nitrogen and oxygen atoms in total. The molecule has 1 aliphatic rings. The first kappa shape index (κ1) is 17.3. The molecule has 0 atom stereocenters. The third-order valence-electron chi connectivity index (χ3n) is 4.57. The van der Waals surface area contributed by atoms with Gasteiger partial charge in [-0.05, 0) is 37.0 Å². The molecule has 1 aliphatic carbocycles. The number of aryl methyl sites for hydroxylation is 1. The number of carbonyl (C=O) groups excluding carboxylic acids is 2. The normalized spacial score (nSPS) is 14.8. The topological polar surface area (TPSA) is 92.4 Å². The predicted molar refractivity (Wildman–Crippen MR) is 96.6 cm³/mol. The minimum Gasteiger partial charge on any atom is -0.506 e. The molecule has 0 bridgehead atoms. The van der Waals surface area contributed by atoms with Crippen LogP contribution in [0, 0.1) is 0 Å². The molecule has 130 valence electrons. The van der Waals surface area contributed by atoms with E-state index >= 15 is 0 Å². The van der Waals surface area contributed by atoms with Crippen LogP contribution in [0.2, 0.25) is 5.02 Å². The summed E-state index contributed by atoms with van der Waals surface area (Å²) in [6.45, 7) is 0. The van der Waals surface area contributed by atoms with Gasteiger partial charge in [0.2, 0.25) is 11.8 Å². The molecule has 2 amide bonds. The van der Waals surface area contributed by atoms with Crippen LogP contribution in [0.1, 0.15) is 30.4 Å². The summed E-state index contributed by atoms with van der Waals surface area (Å²) in [5, 5.41) is 13.0. The molecule has 1 saturated carbocycles. The van der Waals surface area contributed by atoms with Crippen LogP contribution in [-0.4, -0.2) is 16.9 Å². The molecule has 0 heterocycles. The van der Waals surface area contributed by atoms with Gasteiger partial charge in [-0.1, -0.05) is 41.9 Å². The quantitative estimate of drug-likeness (QED) is 0.692. The van der Waals surface area contributed by atoms with E-state index in [1.54, 1.807) is 6.07 Å². The number of primary amides is 1. The highest BCUT2D eigenvalue weighted by Crippen LogP contribution is 2.53. The van der Waals surface area contributed by atoms with Gasteiger partial charge in [0.15, 0.2) is 0 Å². The second-order valence-corrected chi connectivity index (χ2v) is 6.74. The van der Waals surface area contributed by atoms with Crippen LogP contribution in [0.3, 0.4) is 0 Å². The maximum absolute atomic E-state index is 12.2. The number of benzene rings is 2. The summed E-state index contributed by atoms with van der Waals surface area (Å²) >= 11 is 6.06. The highest BCUT2D eigenvalue weighted by Gasteiger charge is 2.52. The lowest BCUT2D eigenvalue weighted by molar-refractivity contribution is -0.120. The number of halogens is 1. The number of rotatable bonds is 6. The first-order chi connectivity index (χ1) is 11.9. The van der Waals surface area contributed by atoms with Gasteiger partial charge in [-0.25, -0.2) is 0 Å². The van der Waals surface area contributed by atoms with Crippen LogP contribution in [-0.2, 0) is 21.4 Å². The molecule has 0 aromatic heterocycles. The lowest BCUT2D eigenvalue weighted by atomic mass is 9.93. The average Bonchev–Trinajstić information content (AvgIpc) is 3.39. The highest BCUT2D eigenvalue weighted by molar-refractivity contribution is 6.32. The van der Waals surface area contributed by atoms with E-state index in [1.165, 1.54) is 6.07 Å². The highest BCUT2D eigenvalue weighted by atomic mass is 35.5. The summed E-state index contributed by atoms with van der Waals surface area (Å²) in [5.41, 5.74) is 6.49. The van der Waals surface area contributed by atoms with Crippen molar-refractivity contribution in [3.05, 3.63) is 58.6 Å². The summed E-state index contributed by atoms with van der Waals surface area (Å²) in [6, 6.07) is 12.8. The number of hydrogen-bond donors (Lipinski definition) is 3. The summed E-state index contributed by atoms with van der Waals surface area (Å²) in [7, 11) is 0. The number of phenolic OH excluding ortho intramolecular Hbond substituents is 1. The summed E-state index contributed by atoms with van der Waals surface area (Å²) in [5.74, 6) is -0.813. The number of carbonyl (C=O) groups is 2. The van der Waals surface area contributed by atoms with Crippen LogP contribution in [0.5, 0.6) is 5.75 Å². The number of nitrogens with one attached hydrogen (secondary N) is 1. The van der Waals surface area contributed by atoms with E-state index in [2.05, 4.69) is 5.32 Å². The van der Waals surface area contributed by atoms with E-state index < -0.39 is 11.3 Å². The smallest absolute Gasteiger partial charge is 0.228 e. The lowest BCUT2D eigenvalue weighted by Gasteiger charge is -2.16. The summed E-state index contributed by atoms with van der Waals surface area (Å²) < 4.78 is 0. The van der Waals surface area contributed by atoms with Crippen molar-refractivity contribution in [2.75, 3.05) is 5.32 Å². The monoisotopic (exact) mass is 358 g/mol. The molecule has 2 aromatic carbocycles. The molecule has 25 heavy (non-hydrogen) atoms. The van der Waals surface area contributed by atoms with Gasteiger partial charge in [0.1, 0.15) is 5.75 Å². The van der Waals surface area contributed by atoms with E-state index in [0.717, 1.165) is 5.56 Å². The van der Waals surface area contributed by atoms with Crippen LogP contribution < -0.4 is 11.1 Å². The number of anilines is 1. The van der Waals surface area contributed by atoms with Gasteiger partial charge in [0.25, 0.3) is 0 Å². The fourth-order valence-corrected chi connectivity index (χ4v) is 3.15. The van der Waals surface area contributed by atoms with Crippen molar-refractivity contribution in [2.45, 2.75) is 31.1 Å². The Kier molecular flexibility index (Phi) is 4.68. The Balaban J connectivity index is 1.73. The Morgan fingerprint density at radius 3 is 2.48 bits per heavy atom. The molecule has 0 spiro atoms. The zero-order valence-electron chi connectivity index (χ0n) is 13.6. The second kappa shape index (κ2) is 6.76. The molecule has 1 fully saturated rings. The molecular weight excluding hydrogens is 340 g/mol. The zero-order chi connectivity index (χ0) is 18.0. The van der Waals surface area contributed by atoms with Crippen molar-refractivity contribution in [2.24, 2.45) is 5.73 Å². The van der Waals surface area contributed by atoms with Gasteiger partial charge in [-0.3, -0.25) is 9.59 Å². The van der Waals surface area contributed by atoms with Crippen molar-refractivity contribution in [1.29, 1.82) is 0 Å². The molecule has 0 radical (unpaired) electrons. The Morgan fingerprint density at radius 2 is 1.88 bits per heavy atom. The first-order valence-corrected chi connectivity index (χ1v) is 8.47. The third-order valence-corrected chi connectivity index (χ3v) is 4.86. The number of nitrogens with two attached hydrogens (primary N) is 1. The van der Waals surface area contributed by atoms with Crippen LogP contribution in [0.25, 0.3) is 0 Å². The van der Waals surface area contributed by atoms with Crippen molar-refractivity contribution >= 4 is 29.1 Å². The van der Waals surface area contributed by atoms with E-state index in [0.29, 0.717) is 36.9 Å². The SMILES string of the molecule is NC(=O)C1(c2cc(NC(=O)CCc3ccccc3)cc(Cl)c2O)CC1. The minimum atomic E-state index is -0.876. The zero-order valence-corrected chi connectivity index (χ0v) is 14.3. The molecule has 4 N–H and O–H groups in total. The van der Waals surface area contributed by atoms with Gasteiger partial charge < -0.3 is 16.2 Å². The molecular formula is C19H19ClN2O3. The third kappa shape index (κ3) is 3.61. The molecule has 2 aromatic rings. The first-order valence-electron chi connectivity index (χ1n) is 8.09. The van der Waals surface area contributed by atoms with Crippen molar-refractivity contribution in [1.82, 2.24) is 0 Å². The standard InChI is InChI=1S/C19H19ClN2O3/c20-15-11-13(10-14(17(15)24)19(8-9-19)18(21)25)22-16(23)7-6-12-4-2-1-3-5-12/h1-5,10-11,24H,6-9H2,(H2,21,25)(H,22,23). The van der Waals surface area contributed by atoms with Crippen molar-refractivity contribution in [3.63, 3.8) is 0 Å². The molecule has 3 rings (SSSR count). The van der Waals surface area contributed by atoms with E-state index in [4.69, 9.17) is 17.3 Å². The number of hydrogen-bond acceptors (Lipinski definition) is 3. The Hall–Kier alpha value is -2.53. The Morgan fingerprint density at radius 1 is 1.20 bits per heavy atom. The molecule has 0 aliphatic heterocycles. The Bertz CT molecular complexity index is 817. The number of phenols is 1. The Labute approximate surface area is 150 Å². The molecule has 0 unspecified atom stereocenters. The number of aromatic hydroxyl groups is 1.